The van der Waals surface area contributed by atoms with Crippen LogP contribution in [-0.2, 0) is 14.6 Å². The van der Waals surface area contributed by atoms with Crippen molar-refractivity contribution < 1.29 is 13.2 Å². The van der Waals surface area contributed by atoms with E-state index in [0.717, 1.165) is 5.56 Å². The first-order valence-electron chi connectivity index (χ1n) is 5.78. The van der Waals surface area contributed by atoms with Crippen LogP contribution in [0.25, 0.3) is 0 Å². The second-order valence-electron chi connectivity index (χ2n) is 4.02. The lowest BCUT2D eigenvalue weighted by Crippen LogP contribution is -2.26. The topological polar surface area (TPSA) is 55.4 Å². The van der Waals surface area contributed by atoms with Gasteiger partial charge in [-0.25, -0.2) is 8.42 Å². The van der Waals surface area contributed by atoms with Crippen molar-refractivity contribution >= 4 is 9.84 Å². The summed E-state index contributed by atoms with van der Waals surface area (Å²) in [4.78, 5) is 0.467. The average molecular weight is 255 g/mol. The Balaban J connectivity index is 2.07. The molecule has 0 saturated carbocycles. The molecule has 1 aliphatic rings. The van der Waals surface area contributed by atoms with Crippen molar-refractivity contribution in [2.75, 3.05) is 25.5 Å². The number of fused-ring (bicyclic) bond motifs is 1. The average Bonchev–Trinajstić information content (AvgIpc) is 2.58. The molecule has 5 heteroatoms. The monoisotopic (exact) mass is 255 g/mol. The predicted octanol–water partition coefficient (Wildman–Crippen LogP) is 1.14. The molecule has 1 unspecified atom stereocenters. The van der Waals surface area contributed by atoms with E-state index >= 15 is 0 Å². The number of sulfone groups is 1. The van der Waals surface area contributed by atoms with Crippen LogP contribution in [0.15, 0.2) is 29.2 Å². The smallest absolute Gasteiger partial charge is 0.180 e. The first-order valence-corrected chi connectivity index (χ1v) is 7.43. The summed E-state index contributed by atoms with van der Waals surface area (Å²) in [7, 11) is -3.10. The Labute approximate surface area is 102 Å². The van der Waals surface area contributed by atoms with E-state index in [1.54, 1.807) is 12.1 Å². The molecule has 4 nitrogen and oxygen atoms in total. The number of hydrogen-bond donors (Lipinski definition) is 1. The van der Waals surface area contributed by atoms with Crippen molar-refractivity contribution in [3.63, 3.8) is 0 Å². The van der Waals surface area contributed by atoms with Gasteiger partial charge in [-0.05, 0) is 18.6 Å². The van der Waals surface area contributed by atoms with Gasteiger partial charge in [-0.1, -0.05) is 18.2 Å². The van der Waals surface area contributed by atoms with E-state index in [0.29, 0.717) is 24.7 Å². The molecule has 0 bridgehead atoms. The van der Waals surface area contributed by atoms with Crippen molar-refractivity contribution in [3.8, 4) is 0 Å². The van der Waals surface area contributed by atoms with Crippen molar-refractivity contribution in [1.82, 2.24) is 5.32 Å². The predicted molar refractivity (Wildman–Crippen MR) is 65.7 cm³/mol. The molecule has 0 aliphatic carbocycles. The molecule has 0 aromatic heterocycles. The van der Waals surface area contributed by atoms with Crippen LogP contribution in [0.5, 0.6) is 0 Å². The lowest BCUT2D eigenvalue weighted by atomic mass is 10.1. The van der Waals surface area contributed by atoms with Crippen LogP contribution in [0.3, 0.4) is 0 Å². The largest absolute Gasteiger partial charge is 0.380 e. The number of nitrogens with one attached hydrogen (secondary N) is 1. The summed E-state index contributed by atoms with van der Waals surface area (Å²) in [5.41, 5.74) is 0.879. The molecule has 17 heavy (non-hydrogen) atoms. The zero-order chi connectivity index (χ0) is 12.3. The van der Waals surface area contributed by atoms with Crippen LogP contribution in [0.4, 0.5) is 0 Å². The highest BCUT2D eigenvalue weighted by Gasteiger charge is 2.33. The molecule has 1 aromatic rings. The molecule has 2 rings (SSSR count). The summed E-state index contributed by atoms with van der Waals surface area (Å²) in [5, 5.41) is 3.22. The molecule has 94 valence electrons. The van der Waals surface area contributed by atoms with Crippen molar-refractivity contribution in [2.24, 2.45) is 0 Å². The maximum atomic E-state index is 11.9. The van der Waals surface area contributed by atoms with Gasteiger partial charge in [-0.15, -0.1) is 0 Å². The number of hydrogen-bond acceptors (Lipinski definition) is 4. The lowest BCUT2D eigenvalue weighted by molar-refractivity contribution is 0.147. The summed E-state index contributed by atoms with van der Waals surface area (Å²) >= 11 is 0. The van der Waals surface area contributed by atoms with Gasteiger partial charge in [-0.2, -0.15) is 0 Å². The Morgan fingerprint density at radius 2 is 2.18 bits per heavy atom. The van der Waals surface area contributed by atoms with E-state index in [1.807, 2.05) is 19.1 Å². The lowest BCUT2D eigenvalue weighted by Gasteiger charge is -2.12. The summed E-state index contributed by atoms with van der Waals surface area (Å²) in [5.74, 6) is 0.151. The molecule has 0 fully saturated rings. The second-order valence-corrected chi connectivity index (χ2v) is 6.03. The van der Waals surface area contributed by atoms with E-state index in [9.17, 15) is 8.42 Å². The highest BCUT2D eigenvalue weighted by Crippen LogP contribution is 2.32. The first-order chi connectivity index (χ1) is 8.15. The third kappa shape index (κ3) is 2.68. The van der Waals surface area contributed by atoms with E-state index < -0.39 is 9.84 Å². The normalized spacial score (nSPS) is 21.4. The van der Waals surface area contributed by atoms with Gasteiger partial charge in [0.05, 0.1) is 17.3 Å². The molecule has 0 saturated heterocycles. The summed E-state index contributed by atoms with van der Waals surface area (Å²) < 4.78 is 29.0. The number of rotatable bonds is 5. The minimum atomic E-state index is -3.10. The van der Waals surface area contributed by atoms with E-state index in [-0.39, 0.29) is 11.8 Å². The van der Waals surface area contributed by atoms with Gasteiger partial charge in [0, 0.05) is 19.2 Å². The standard InChI is InChI=1S/C12H17NO3S/c1-2-16-8-7-13-11-9-17(14,15)12-6-4-3-5-10(11)12/h3-6,11,13H,2,7-9H2,1H3. The zero-order valence-corrected chi connectivity index (χ0v) is 10.7. The summed E-state index contributed by atoms with van der Waals surface area (Å²) in [6.07, 6.45) is 0. The van der Waals surface area contributed by atoms with Gasteiger partial charge in [0.1, 0.15) is 0 Å². The minimum absolute atomic E-state index is 0.100. The van der Waals surface area contributed by atoms with Gasteiger partial charge < -0.3 is 10.1 Å². The van der Waals surface area contributed by atoms with Crippen LogP contribution in [0, 0.1) is 0 Å². The van der Waals surface area contributed by atoms with E-state index in [2.05, 4.69) is 5.32 Å². The Kier molecular flexibility index (Phi) is 3.81. The maximum Gasteiger partial charge on any atom is 0.180 e. The van der Waals surface area contributed by atoms with Gasteiger partial charge in [0.25, 0.3) is 0 Å². The highest BCUT2D eigenvalue weighted by molar-refractivity contribution is 7.91. The van der Waals surface area contributed by atoms with Crippen molar-refractivity contribution in [2.45, 2.75) is 17.9 Å². The molecular formula is C12H17NO3S. The molecule has 1 aliphatic heterocycles. The SMILES string of the molecule is CCOCCNC1CS(=O)(=O)c2ccccc21. The Morgan fingerprint density at radius 1 is 1.41 bits per heavy atom. The van der Waals surface area contributed by atoms with Crippen LogP contribution >= 0.6 is 0 Å². The maximum absolute atomic E-state index is 11.9. The highest BCUT2D eigenvalue weighted by atomic mass is 32.2. The number of ether oxygens (including phenoxy) is 1. The Bertz CT molecular complexity index is 484. The van der Waals surface area contributed by atoms with Crippen LogP contribution < -0.4 is 5.32 Å². The quantitative estimate of drug-likeness (QED) is 0.802. The van der Waals surface area contributed by atoms with Crippen LogP contribution in [0.2, 0.25) is 0 Å². The molecule has 0 spiro atoms. The first kappa shape index (κ1) is 12.5. The minimum Gasteiger partial charge on any atom is -0.380 e. The molecule has 1 atom stereocenters. The fourth-order valence-corrected chi connectivity index (χ4v) is 3.84. The molecule has 1 aromatic carbocycles. The van der Waals surface area contributed by atoms with Gasteiger partial charge >= 0.3 is 0 Å². The summed E-state index contributed by atoms with van der Waals surface area (Å²) in [6, 6.07) is 7.08. The van der Waals surface area contributed by atoms with Crippen molar-refractivity contribution in [1.29, 1.82) is 0 Å². The fraction of sp³-hybridized carbons (Fsp3) is 0.500. The molecule has 0 radical (unpaired) electrons. The summed E-state index contributed by atoms with van der Waals surface area (Å²) in [6.45, 7) is 3.90. The van der Waals surface area contributed by atoms with Gasteiger partial charge in [-0.3, -0.25) is 0 Å². The molecule has 1 heterocycles. The Morgan fingerprint density at radius 3 is 2.94 bits per heavy atom. The number of benzene rings is 1. The molecule has 0 amide bonds. The molecule has 1 N–H and O–H groups in total. The fourth-order valence-electron chi connectivity index (χ4n) is 2.07. The third-order valence-corrected chi connectivity index (χ3v) is 4.67. The third-order valence-electron chi connectivity index (χ3n) is 2.86. The second kappa shape index (κ2) is 5.16. The Hall–Kier alpha value is -0.910. The van der Waals surface area contributed by atoms with Crippen molar-refractivity contribution in [3.05, 3.63) is 29.8 Å². The van der Waals surface area contributed by atoms with Gasteiger partial charge in [0.15, 0.2) is 9.84 Å². The zero-order valence-electron chi connectivity index (χ0n) is 9.85. The molecular weight excluding hydrogens is 238 g/mol. The van der Waals surface area contributed by atoms with Gasteiger partial charge in [0.2, 0.25) is 0 Å². The van der Waals surface area contributed by atoms with Crippen LogP contribution in [0.1, 0.15) is 18.5 Å². The van der Waals surface area contributed by atoms with E-state index in [4.69, 9.17) is 4.74 Å². The van der Waals surface area contributed by atoms with Crippen LogP contribution in [-0.4, -0.2) is 33.9 Å². The van der Waals surface area contributed by atoms with E-state index in [1.165, 1.54) is 0 Å².